The summed E-state index contributed by atoms with van der Waals surface area (Å²) >= 11 is 0. The highest BCUT2D eigenvalue weighted by molar-refractivity contribution is 5.80. The van der Waals surface area contributed by atoms with Crippen molar-refractivity contribution in [2.24, 2.45) is 4.99 Å². The van der Waals surface area contributed by atoms with E-state index in [-0.39, 0.29) is 5.82 Å². The number of hydrogen-bond acceptors (Lipinski definition) is 3. The number of piperidine rings is 1. The van der Waals surface area contributed by atoms with Crippen LogP contribution in [0.3, 0.4) is 0 Å². The van der Waals surface area contributed by atoms with Crippen LogP contribution in [0.4, 0.5) is 4.39 Å². The lowest BCUT2D eigenvalue weighted by Gasteiger charge is -2.36. The SMILES string of the molecule is CCNC(=NCC1(O)CCC1)NC1CCN(Cc2ccc(F)cc2)CC1. The van der Waals surface area contributed by atoms with Gasteiger partial charge in [0.25, 0.3) is 0 Å². The first-order valence-electron chi connectivity index (χ1n) is 9.80. The number of rotatable bonds is 6. The molecule has 1 aliphatic carbocycles. The molecule has 0 aromatic heterocycles. The third-order valence-electron chi connectivity index (χ3n) is 5.41. The Balaban J connectivity index is 1.45. The maximum absolute atomic E-state index is 13.0. The number of benzene rings is 1. The molecule has 0 unspecified atom stereocenters. The topological polar surface area (TPSA) is 59.9 Å². The zero-order valence-corrected chi connectivity index (χ0v) is 15.7. The minimum Gasteiger partial charge on any atom is -0.388 e. The van der Waals surface area contributed by atoms with Crippen LogP contribution in [-0.2, 0) is 6.54 Å². The van der Waals surface area contributed by atoms with Crippen molar-refractivity contribution in [1.29, 1.82) is 0 Å². The van der Waals surface area contributed by atoms with Crippen LogP contribution in [0.1, 0.15) is 44.6 Å². The average Bonchev–Trinajstić information content (AvgIpc) is 2.62. The Bertz CT molecular complexity index is 592. The zero-order valence-electron chi connectivity index (χ0n) is 15.7. The first-order chi connectivity index (χ1) is 12.6. The summed E-state index contributed by atoms with van der Waals surface area (Å²) in [5.41, 5.74) is 0.572. The highest BCUT2D eigenvalue weighted by atomic mass is 19.1. The lowest BCUT2D eigenvalue weighted by molar-refractivity contribution is -0.0236. The van der Waals surface area contributed by atoms with E-state index in [1.807, 2.05) is 12.1 Å². The summed E-state index contributed by atoms with van der Waals surface area (Å²) < 4.78 is 13.0. The van der Waals surface area contributed by atoms with Crippen molar-refractivity contribution in [3.63, 3.8) is 0 Å². The molecule has 1 saturated carbocycles. The van der Waals surface area contributed by atoms with Gasteiger partial charge in [-0.05, 0) is 56.7 Å². The summed E-state index contributed by atoms with van der Waals surface area (Å²) in [4.78, 5) is 7.00. The second kappa shape index (κ2) is 8.82. The van der Waals surface area contributed by atoms with Gasteiger partial charge in [0.15, 0.2) is 5.96 Å². The Morgan fingerprint density at radius 3 is 2.54 bits per heavy atom. The van der Waals surface area contributed by atoms with Gasteiger partial charge in [0.05, 0.1) is 12.1 Å². The van der Waals surface area contributed by atoms with Crippen LogP contribution in [0.5, 0.6) is 0 Å². The number of nitrogens with one attached hydrogen (secondary N) is 2. The molecule has 0 bridgehead atoms. The number of likely N-dealkylation sites (tertiary alicyclic amines) is 1. The molecule has 5 nitrogen and oxygen atoms in total. The predicted molar refractivity (Wildman–Crippen MR) is 103 cm³/mol. The molecule has 0 spiro atoms. The quantitative estimate of drug-likeness (QED) is 0.537. The molecule has 1 aromatic rings. The summed E-state index contributed by atoms with van der Waals surface area (Å²) in [5, 5.41) is 17.0. The Morgan fingerprint density at radius 2 is 1.96 bits per heavy atom. The number of nitrogens with zero attached hydrogens (tertiary/aromatic N) is 2. The number of halogens is 1. The second-order valence-electron chi connectivity index (χ2n) is 7.59. The molecule has 1 aromatic carbocycles. The molecule has 1 heterocycles. The van der Waals surface area contributed by atoms with Gasteiger partial charge in [-0.25, -0.2) is 4.39 Å². The summed E-state index contributed by atoms with van der Waals surface area (Å²) in [6, 6.07) is 7.17. The van der Waals surface area contributed by atoms with Crippen LogP contribution in [0.2, 0.25) is 0 Å². The van der Waals surface area contributed by atoms with Gasteiger partial charge in [-0.2, -0.15) is 0 Å². The largest absolute Gasteiger partial charge is 0.388 e. The van der Waals surface area contributed by atoms with Gasteiger partial charge >= 0.3 is 0 Å². The fourth-order valence-electron chi connectivity index (χ4n) is 3.57. The van der Waals surface area contributed by atoms with Gasteiger partial charge in [0.1, 0.15) is 5.82 Å². The first kappa shape index (κ1) is 19.1. The Hall–Kier alpha value is -1.66. The van der Waals surface area contributed by atoms with Crippen molar-refractivity contribution in [3.05, 3.63) is 35.6 Å². The van der Waals surface area contributed by atoms with Crippen molar-refractivity contribution in [3.8, 4) is 0 Å². The van der Waals surface area contributed by atoms with E-state index < -0.39 is 5.60 Å². The van der Waals surface area contributed by atoms with Crippen LogP contribution < -0.4 is 10.6 Å². The summed E-state index contributed by atoms with van der Waals surface area (Å²) in [6.07, 6.45) is 4.92. The van der Waals surface area contributed by atoms with Crippen molar-refractivity contribution < 1.29 is 9.50 Å². The monoisotopic (exact) mass is 362 g/mol. The average molecular weight is 362 g/mol. The minimum atomic E-state index is -0.582. The van der Waals surface area contributed by atoms with Gasteiger partial charge in [-0.1, -0.05) is 12.1 Å². The minimum absolute atomic E-state index is 0.182. The van der Waals surface area contributed by atoms with Crippen molar-refractivity contribution in [2.75, 3.05) is 26.2 Å². The molecule has 26 heavy (non-hydrogen) atoms. The molecule has 0 atom stereocenters. The van der Waals surface area contributed by atoms with E-state index in [9.17, 15) is 9.50 Å². The number of guanidine groups is 1. The molecule has 3 rings (SSSR count). The molecule has 1 aliphatic heterocycles. The third kappa shape index (κ3) is 5.42. The number of hydrogen-bond donors (Lipinski definition) is 3. The summed E-state index contributed by atoms with van der Waals surface area (Å²) in [7, 11) is 0. The van der Waals surface area contributed by atoms with Crippen molar-refractivity contribution >= 4 is 5.96 Å². The van der Waals surface area contributed by atoms with Gasteiger partial charge in [0, 0.05) is 32.2 Å². The fraction of sp³-hybridized carbons (Fsp3) is 0.650. The molecule has 0 amide bonds. The van der Waals surface area contributed by atoms with Crippen LogP contribution in [0.15, 0.2) is 29.3 Å². The van der Waals surface area contributed by atoms with E-state index in [2.05, 4.69) is 27.4 Å². The molecule has 2 aliphatic rings. The molecule has 1 saturated heterocycles. The lowest BCUT2D eigenvalue weighted by atomic mass is 9.80. The Kier molecular flexibility index (Phi) is 6.48. The van der Waals surface area contributed by atoms with Crippen molar-refractivity contribution in [1.82, 2.24) is 15.5 Å². The number of aliphatic hydroxyl groups is 1. The van der Waals surface area contributed by atoms with Gasteiger partial charge < -0.3 is 15.7 Å². The molecular weight excluding hydrogens is 331 g/mol. The summed E-state index contributed by atoms with van der Waals surface area (Å²) in [6.45, 7) is 6.24. The first-order valence-corrected chi connectivity index (χ1v) is 9.80. The standard InChI is InChI=1S/C20H31FN4O/c1-2-22-19(23-15-20(26)10-3-11-20)24-18-8-12-25(13-9-18)14-16-4-6-17(21)7-5-16/h4-7,18,26H,2-3,8-15H2,1H3,(H2,22,23,24). The van der Waals surface area contributed by atoms with E-state index in [1.165, 1.54) is 12.1 Å². The zero-order chi connectivity index (χ0) is 18.4. The fourth-order valence-corrected chi connectivity index (χ4v) is 3.57. The van der Waals surface area contributed by atoms with Gasteiger partial charge in [-0.3, -0.25) is 9.89 Å². The molecule has 0 radical (unpaired) electrons. The number of aliphatic imine (C=N–C) groups is 1. The smallest absolute Gasteiger partial charge is 0.191 e. The molecular formula is C20H31FN4O. The lowest BCUT2D eigenvalue weighted by Crippen LogP contribution is -2.49. The van der Waals surface area contributed by atoms with E-state index >= 15 is 0 Å². The van der Waals surface area contributed by atoms with E-state index in [0.29, 0.717) is 12.6 Å². The van der Waals surface area contributed by atoms with Gasteiger partial charge in [0.2, 0.25) is 0 Å². The van der Waals surface area contributed by atoms with E-state index in [1.54, 1.807) is 0 Å². The molecule has 144 valence electrons. The summed E-state index contributed by atoms with van der Waals surface area (Å²) in [5.74, 6) is 0.628. The van der Waals surface area contributed by atoms with Crippen LogP contribution >= 0.6 is 0 Å². The highest BCUT2D eigenvalue weighted by Crippen LogP contribution is 2.31. The Morgan fingerprint density at radius 1 is 1.27 bits per heavy atom. The van der Waals surface area contributed by atoms with Crippen LogP contribution in [0.25, 0.3) is 0 Å². The second-order valence-corrected chi connectivity index (χ2v) is 7.59. The molecule has 2 fully saturated rings. The van der Waals surface area contributed by atoms with Gasteiger partial charge in [-0.15, -0.1) is 0 Å². The molecule has 3 N–H and O–H groups in total. The van der Waals surface area contributed by atoms with Crippen LogP contribution in [-0.4, -0.2) is 53.8 Å². The van der Waals surface area contributed by atoms with Crippen molar-refractivity contribution in [2.45, 2.75) is 57.2 Å². The predicted octanol–water partition coefficient (Wildman–Crippen LogP) is 2.26. The normalized spacial score (nSPS) is 21.3. The molecule has 6 heteroatoms. The van der Waals surface area contributed by atoms with E-state index in [0.717, 1.165) is 69.8 Å². The van der Waals surface area contributed by atoms with E-state index in [4.69, 9.17) is 0 Å². The maximum atomic E-state index is 13.0. The third-order valence-corrected chi connectivity index (χ3v) is 5.41. The Labute approximate surface area is 155 Å². The maximum Gasteiger partial charge on any atom is 0.191 e. The van der Waals surface area contributed by atoms with Crippen LogP contribution in [0, 0.1) is 5.82 Å². The highest BCUT2D eigenvalue weighted by Gasteiger charge is 2.34.